The molecule has 0 unspecified atom stereocenters. The van der Waals surface area contributed by atoms with Gasteiger partial charge in [-0.3, -0.25) is 4.79 Å². The van der Waals surface area contributed by atoms with E-state index < -0.39 is 0 Å². The van der Waals surface area contributed by atoms with E-state index in [0.29, 0.717) is 30.2 Å². The average molecular weight is 260 g/mol. The van der Waals surface area contributed by atoms with Crippen LogP contribution in [-0.2, 0) is 6.42 Å². The molecule has 0 fully saturated rings. The van der Waals surface area contributed by atoms with Crippen molar-refractivity contribution in [2.75, 3.05) is 18.9 Å². The molecule has 0 bridgehead atoms. The van der Waals surface area contributed by atoms with E-state index in [9.17, 15) is 4.79 Å². The van der Waals surface area contributed by atoms with E-state index in [2.05, 4.69) is 20.8 Å². The van der Waals surface area contributed by atoms with Crippen molar-refractivity contribution in [3.05, 3.63) is 41.5 Å². The molecule has 2 N–H and O–H groups in total. The summed E-state index contributed by atoms with van der Waals surface area (Å²) in [4.78, 5) is 15.9. The Morgan fingerprint density at radius 2 is 2.05 bits per heavy atom. The molecule has 2 rings (SSSR count). The van der Waals surface area contributed by atoms with E-state index in [0.717, 1.165) is 5.69 Å². The third-order valence-electron chi connectivity index (χ3n) is 2.64. The molecular formula is C13H16N4O2. The maximum Gasteiger partial charge on any atom is 0.251 e. The van der Waals surface area contributed by atoms with Crippen LogP contribution >= 0.6 is 0 Å². The second-order valence-corrected chi connectivity index (χ2v) is 4.06. The molecular weight excluding hydrogens is 244 g/mol. The lowest BCUT2D eigenvalue weighted by Gasteiger charge is -2.05. The molecule has 0 saturated heterocycles. The van der Waals surface area contributed by atoms with Crippen molar-refractivity contribution in [1.82, 2.24) is 15.5 Å². The monoisotopic (exact) mass is 260 g/mol. The van der Waals surface area contributed by atoms with E-state index in [4.69, 9.17) is 4.52 Å². The lowest BCUT2D eigenvalue weighted by molar-refractivity contribution is 0.0954. The van der Waals surface area contributed by atoms with E-state index in [1.165, 1.54) is 0 Å². The minimum absolute atomic E-state index is 0.108. The highest BCUT2D eigenvalue weighted by Gasteiger charge is 2.06. The molecule has 0 aliphatic heterocycles. The molecule has 1 heterocycles. The van der Waals surface area contributed by atoms with Crippen molar-refractivity contribution in [2.24, 2.45) is 0 Å². The van der Waals surface area contributed by atoms with Crippen molar-refractivity contribution in [3.8, 4) is 0 Å². The van der Waals surface area contributed by atoms with Crippen LogP contribution in [0.1, 0.15) is 22.1 Å². The Morgan fingerprint density at radius 1 is 1.32 bits per heavy atom. The second-order valence-electron chi connectivity index (χ2n) is 4.06. The third-order valence-corrected chi connectivity index (χ3v) is 2.64. The predicted molar refractivity (Wildman–Crippen MR) is 71.1 cm³/mol. The molecule has 0 atom stereocenters. The first kappa shape index (κ1) is 13.1. The van der Waals surface area contributed by atoms with E-state index in [1.54, 1.807) is 19.1 Å². The highest BCUT2D eigenvalue weighted by atomic mass is 16.5. The molecule has 100 valence electrons. The van der Waals surface area contributed by atoms with E-state index in [-0.39, 0.29) is 5.91 Å². The highest BCUT2D eigenvalue weighted by Crippen LogP contribution is 2.08. The van der Waals surface area contributed by atoms with Crippen LogP contribution in [0.15, 0.2) is 28.8 Å². The Hall–Kier alpha value is -2.37. The number of amides is 1. The summed E-state index contributed by atoms with van der Waals surface area (Å²) in [7, 11) is 1.84. The van der Waals surface area contributed by atoms with Gasteiger partial charge >= 0.3 is 0 Å². The van der Waals surface area contributed by atoms with Crippen LogP contribution in [-0.4, -0.2) is 29.6 Å². The Labute approximate surface area is 111 Å². The van der Waals surface area contributed by atoms with Crippen LogP contribution in [0, 0.1) is 6.92 Å². The Kier molecular flexibility index (Phi) is 4.12. The normalized spacial score (nSPS) is 10.2. The van der Waals surface area contributed by atoms with Crippen LogP contribution < -0.4 is 10.6 Å². The number of benzene rings is 1. The van der Waals surface area contributed by atoms with Gasteiger partial charge in [0.05, 0.1) is 0 Å². The summed E-state index contributed by atoms with van der Waals surface area (Å²) in [6.45, 7) is 2.21. The number of nitrogens with one attached hydrogen (secondary N) is 2. The van der Waals surface area contributed by atoms with Gasteiger partial charge in [-0.2, -0.15) is 4.98 Å². The Balaban J connectivity index is 1.83. The summed E-state index contributed by atoms with van der Waals surface area (Å²) in [5, 5.41) is 9.58. The molecule has 0 radical (unpaired) electrons. The van der Waals surface area contributed by atoms with Crippen LogP contribution in [0.25, 0.3) is 0 Å². The molecule has 6 heteroatoms. The summed E-state index contributed by atoms with van der Waals surface area (Å²) in [6, 6.07) is 7.27. The van der Waals surface area contributed by atoms with Gasteiger partial charge in [0.2, 0.25) is 5.89 Å². The standard InChI is InChI=1S/C13H16N4O2/c1-9-16-12(17-19-9)7-8-15-13(18)10-3-5-11(14-2)6-4-10/h3-6,14H,7-8H2,1-2H3,(H,15,18). The Morgan fingerprint density at radius 3 is 2.63 bits per heavy atom. The SMILES string of the molecule is CNc1ccc(C(=O)NCCc2noc(C)n2)cc1. The maximum atomic E-state index is 11.8. The minimum atomic E-state index is -0.108. The number of carbonyl (C=O) groups excluding carboxylic acids is 1. The zero-order chi connectivity index (χ0) is 13.7. The van der Waals surface area contributed by atoms with E-state index in [1.807, 2.05) is 19.2 Å². The van der Waals surface area contributed by atoms with Crippen LogP contribution in [0.4, 0.5) is 5.69 Å². The topological polar surface area (TPSA) is 80.0 Å². The quantitative estimate of drug-likeness (QED) is 0.849. The predicted octanol–water partition coefficient (Wildman–Crippen LogP) is 1.39. The second kappa shape index (κ2) is 5.99. The fraction of sp³-hybridized carbons (Fsp3) is 0.308. The van der Waals surface area contributed by atoms with Gasteiger partial charge in [0.15, 0.2) is 5.82 Å². The number of aromatic nitrogens is 2. The number of hydrogen-bond donors (Lipinski definition) is 2. The molecule has 0 saturated carbocycles. The lowest BCUT2D eigenvalue weighted by Crippen LogP contribution is -2.25. The van der Waals surface area contributed by atoms with Crippen LogP contribution in [0.3, 0.4) is 0 Å². The number of carbonyl (C=O) groups is 1. The largest absolute Gasteiger partial charge is 0.388 e. The first-order valence-electron chi connectivity index (χ1n) is 6.04. The summed E-state index contributed by atoms with van der Waals surface area (Å²) < 4.78 is 4.85. The molecule has 1 aromatic heterocycles. The molecule has 1 aromatic carbocycles. The van der Waals surface area contributed by atoms with Gasteiger partial charge in [-0.15, -0.1) is 0 Å². The maximum absolute atomic E-state index is 11.8. The van der Waals surface area contributed by atoms with Gasteiger partial charge < -0.3 is 15.2 Å². The van der Waals surface area contributed by atoms with Gasteiger partial charge in [0, 0.05) is 38.2 Å². The van der Waals surface area contributed by atoms with E-state index >= 15 is 0 Å². The van der Waals surface area contributed by atoms with Crippen molar-refractivity contribution in [1.29, 1.82) is 0 Å². The van der Waals surface area contributed by atoms with Crippen LogP contribution in [0.2, 0.25) is 0 Å². The van der Waals surface area contributed by atoms with Crippen LogP contribution in [0.5, 0.6) is 0 Å². The number of anilines is 1. The summed E-state index contributed by atoms with van der Waals surface area (Å²) in [6.07, 6.45) is 0.553. The van der Waals surface area contributed by atoms with Gasteiger partial charge in [-0.05, 0) is 24.3 Å². The number of hydrogen-bond acceptors (Lipinski definition) is 5. The first-order valence-corrected chi connectivity index (χ1v) is 6.04. The molecule has 19 heavy (non-hydrogen) atoms. The fourth-order valence-electron chi connectivity index (χ4n) is 1.62. The molecule has 0 spiro atoms. The molecule has 1 amide bonds. The zero-order valence-corrected chi connectivity index (χ0v) is 10.9. The zero-order valence-electron chi connectivity index (χ0n) is 10.9. The van der Waals surface area contributed by atoms with Crippen molar-refractivity contribution in [2.45, 2.75) is 13.3 Å². The number of aryl methyl sites for hydroxylation is 1. The Bertz CT molecular complexity index is 548. The molecule has 0 aliphatic rings. The first-order chi connectivity index (χ1) is 9.19. The van der Waals surface area contributed by atoms with Crippen molar-refractivity contribution >= 4 is 11.6 Å². The summed E-state index contributed by atoms with van der Waals surface area (Å²) in [5.41, 5.74) is 1.60. The van der Waals surface area contributed by atoms with Gasteiger partial charge in [-0.25, -0.2) is 0 Å². The van der Waals surface area contributed by atoms with Crippen molar-refractivity contribution in [3.63, 3.8) is 0 Å². The highest BCUT2D eigenvalue weighted by molar-refractivity contribution is 5.94. The summed E-state index contributed by atoms with van der Waals surface area (Å²) >= 11 is 0. The smallest absolute Gasteiger partial charge is 0.251 e. The van der Waals surface area contributed by atoms with Crippen molar-refractivity contribution < 1.29 is 9.32 Å². The minimum Gasteiger partial charge on any atom is -0.388 e. The third kappa shape index (κ3) is 3.54. The fourth-order valence-corrected chi connectivity index (χ4v) is 1.62. The lowest BCUT2D eigenvalue weighted by atomic mass is 10.2. The average Bonchev–Trinajstić information content (AvgIpc) is 2.84. The molecule has 2 aromatic rings. The molecule has 6 nitrogen and oxygen atoms in total. The van der Waals surface area contributed by atoms with Gasteiger partial charge in [-0.1, -0.05) is 5.16 Å². The summed E-state index contributed by atoms with van der Waals surface area (Å²) in [5.74, 6) is 1.02. The van der Waals surface area contributed by atoms with Gasteiger partial charge in [0.1, 0.15) is 0 Å². The van der Waals surface area contributed by atoms with Gasteiger partial charge in [0.25, 0.3) is 5.91 Å². The number of rotatable bonds is 5. The molecule has 0 aliphatic carbocycles. The number of nitrogens with zero attached hydrogens (tertiary/aromatic N) is 2.